The minimum Gasteiger partial charge on any atom is -0.364 e. The molecule has 0 bridgehead atoms. The Bertz CT molecular complexity index is 571. The Morgan fingerprint density at radius 2 is 2.09 bits per heavy atom. The molecule has 120 valence electrons. The lowest BCUT2D eigenvalue weighted by Gasteiger charge is -2.31. The normalized spacial score (nSPS) is 24.8. The van der Waals surface area contributed by atoms with E-state index in [9.17, 15) is 14.9 Å². The van der Waals surface area contributed by atoms with E-state index in [1.165, 1.54) is 23.1 Å². The molecule has 1 aliphatic heterocycles. The molecular formula is C14H19BrN3O4+. The number of rotatable bonds is 4. The number of hydrogen-bond acceptors (Lipinski definition) is 4. The van der Waals surface area contributed by atoms with Gasteiger partial charge in [-0.3, -0.25) is 14.9 Å². The molecule has 1 aromatic carbocycles. The summed E-state index contributed by atoms with van der Waals surface area (Å²) >= 11 is 3.24. The smallest absolute Gasteiger partial charge is 0.279 e. The van der Waals surface area contributed by atoms with Crippen LogP contribution in [0.15, 0.2) is 22.7 Å². The fourth-order valence-corrected chi connectivity index (χ4v) is 3.14. The van der Waals surface area contributed by atoms with E-state index in [1.54, 1.807) is 0 Å². The van der Waals surface area contributed by atoms with Crippen molar-refractivity contribution in [2.24, 2.45) is 0 Å². The zero-order valence-electron chi connectivity index (χ0n) is 12.5. The number of hydrogen-bond donors (Lipinski definition) is 2. The fourth-order valence-electron chi connectivity index (χ4n) is 2.67. The van der Waals surface area contributed by atoms with Crippen LogP contribution in [0.25, 0.3) is 0 Å². The molecule has 2 rings (SSSR count). The molecule has 2 atom stereocenters. The lowest BCUT2D eigenvalue weighted by atomic mass is 10.2. The number of carbonyl (C=O) groups is 1. The number of non-ortho nitro benzene ring substituents is 1. The van der Waals surface area contributed by atoms with Crippen molar-refractivity contribution in [2.75, 3.05) is 25.0 Å². The first kappa shape index (κ1) is 16.9. The summed E-state index contributed by atoms with van der Waals surface area (Å²) in [6.45, 7) is 5.93. The van der Waals surface area contributed by atoms with E-state index in [2.05, 4.69) is 21.2 Å². The van der Waals surface area contributed by atoms with Gasteiger partial charge in [-0.05, 0) is 35.8 Å². The van der Waals surface area contributed by atoms with Gasteiger partial charge in [0, 0.05) is 16.6 Å². The van der Waals surface area contributed by atoms with E-state index in [4.69, 9.17) is 4.74 Å². The number of ether oxygens (including phenoxy) is 1. The molecule has 22 heavy (non-hydrogen) atoms. The van der Waals surface area contributed by atoms with Gasteiger partial charge in [-0.2, -0.15) is 0 Å². The number of halogens is 1. The number of quaternary nitrogens is 1. The van der Waals surface area contributed by atoms with Crippen molar-refractivity contribution in [2.45, 2.75) is 26.1 Å². The predicted octanol–water partition coefficient (Wildman–Crippen LogP) is 0.988. The second-order valence-corrected chi connectivity index (χ2v) is 6.42. The molecule has 0 aliphatic carbocycles. The van der Waals surface area contributed by atoms with Crippen molar-refractivity contribution in [1.29, 1.82) is 0 Å². The van der Waals surface area contributed by atoms with Crippen molar-refractivity contribution in [1.82, 2.24) is 0 Å². The van der Waals surface area contributed by atoms with Gasteiger partial charge >= 0.3 is 0 Å². The number of nitrogens with one attached hydrogen (secondary N) is 2. The first-order chi connectivity index (χ1) is 10.3. The molecule has 0 unspecified atom stereocenters. The molecule has 0 aromatic heterocycles. The van der Waals surface area contributed by atoms with E-state index in [0.717, 1.165) is 13.1 Å². The number of anilines is 1. The van der Waals surface area contributed by atoms with Crippen LogP contribution < -0.4 is 10.2 Å². The predicted molar refractivity (Wildman–Crippen MR) is 85.0 cm³/mol. The van der Waals surface area contributed by atoms with Gasteiger partial charge in [0.05, 0.1) is 10.6 Å². The van der Waals surface area contributed by atoms with Gasteiger partial charge in [-0.1, -0.05) is 0 Å². The van der Waals surface area contributed by atoms with E-state index in [0.29, 0.717) is 16.7 Å². The number of nitro groups is 1. The van der Waals surface area contributed by atoms with Crippen molar-refractivity contribution >= 4 is 33.2 Å². The zero-order chi connectivity index (χ0) is 16.3. The summed E-state index contributed by atoms with van der Waals surface area (Å²) in [6.07, 6.45) is 0.273. The molecule has 0 saturated carbocycles. The molecule has 1 heterocycles. The number of benzene rings is 1. The SMILES string of the molecule is C[C@@H]1C[NH+](CC(=O)Nc2ccc([N+](=O)[O-])cc2Br)C[C@@H](C)O1. The van der Waals surface area contributed by atoms with Crippen LogP contribution >= 0.6 is 15.9 Å². The van der Waals surface area contributed by atoms with Gasteiger partial charge < -0.3 is 15.0 Å². The second kappa shape index (κ2) is 7.17. The average molecular weight is 373 g/mol. The minimum atomic E-state index is -0.475. The highest BCUT2D eigenvalue weighted by Crippen LogP contribution is 2.26. The summed E-state index contributed by atoms with van der Waals surface area (Å²) in [4.78, 5) is 23.5. The molecular weight excluding hydrogens is 354 g/mol. The number of nitro benzene ring substituents is 1. The van der Waals surface area contributed by atoms with E-state index < -0.39 is 4.92 Å². The molecule has 0 spiro atoms. The van der Waals surface area contributed by atoms with Gasteiger partial charge in [0.25, 0.3) is 11.6 Å². The number of carbonyl (C=O) groups excluding carboxylic acids is 1. The Morgan fingerprint density at radius 3 is 2.64 bits per heavy atom. The van der Waals surface area contributed by atoms with Crippen LogP contribution in [0.3, 0.4) is 0 Å². The highest BCUT2D eigenvalue weighted by Gasteiger charge is 2.27. The second-order valence-electron chi connectivity index (χ2n) is 5.56. The average Bonchev–Trinajstić information content (AvgIpc) is 2.39. The summed E-state index contributed by atoms with van der Waals surface area (Å²) in [5.74, 6) is -0.120. The summed E-state index contributed by atoms with van der Waals surface area (Å²) in [7, 11) is 0. The van der Waals surface area contributed by atoms with E-state index in [1.807, 2.05) is 13.8 Å². The van der Waals surface area contributed by atoms with Crippen molar-refractivity contribution < 1.29 is 19.4 Å². The van der Waals surface area contributed by atoms with Crippen molar-refractivity contribution in [3.8, 4) is 0 Å². The van der Waals surface area contributed by atoms with E-state index in [-0.39, 0.29) is 23.8 Å². The van der Waals surface area contributed by atoms with Crippen molar-refractivity contribution in [3.63, 3.8) is 0 Å². The molecule has 1 aliphatic rings. The van der Waals surface area contributed by atoms with Crippen LogP contribution in [0.1, 0.15) is 13.8 Å². The number of morpholine rings is 1. The van der Waals surface area contributed by atoms with Gasteiger partial charge in [0.1, 0.15) is 25.3 Å². The summed E-state index contributed by atoms with van der Waals surface area (Å²) in [5, 5.41) is 13.5. The minimum absolute atomic E-state index is 0.0219. The van der Waals surface area contributed by atoms with Gasteiger partial charge in [0.2, 0.25) is 0 Å². The maximum atomic E-state index is 12.1. The summed E-state index contributed by atoms with van der Waals surface area (Å²) in [6, 6.07) is 4.27. The largest absolute Gasteiger partial charge is 0.364 e. The third-order valence-corrected chi connectivity index (χ3v) is 4.12. The zero-order valence-corrected chi connectivity index (χ0v) is 14.1. The third-order valence-electron chi connectivity index (χ3n) is 3.47. The number of nitrogens with zero attached hydrogens (tertiary/aromatic N) is 1. The maximum absolute atomic E-state index is 12.1. The van der Waals surface area contributed by atoms with Crippen LogP contribution in [0.4, 0.5) is 11.4 Å². The van der Waals surface area contributed by atoms with Crippen LogP contribution in [0, 0.1) is 10.1 Å². The Morgan fingerprint density at radius 1 is 1.45 bits per heavy atom. The molecule has 8 heteroatoms. The fraction of sp³-hybridized carbons (Fsp3) is 0.500. The molecule has 7 nitrogen and oxygen atoms in total. The Balaban J connectivity index is 1.96. The van der Waals surface area contributed by atoms with Gasteiger partial charge in [-0.25, -0.2) is 0 Å². The highest BCUT2D eigenvalue weighted by atomic mass is 79.9. The molecule has 1 amide bonds. The van der Waals surface area contributed by atoms with Gasteiger partial charge in [-0.15, -0.1) is 0 Å². The monoisotopic (exact) mass is 372 g/mol. The summed E-state index contributed by atoms with van der Waals surface area (Å²) < 4.78 is 6.14. The topological polar surface area (TPSA) is 85.9 Å². The highest BCUT2D eigenvalue weighted by molar-refractivity contribution is 9.10. The Hall–Kier alpha value is -1.51. The van der Waals surface area contributed by atoms with Crippen molar-refractivity contribution in [3.05, 3.63) is 32.8 Å². The van der Waals surface area contributed by atoms with E-state index >= 15 is 0 Å². The Kier molecular flexibility index (Phi) is 5.49. The van der Waals surface area contributed by atoms with Gasteiger partial charge in [0.15, 0.2) is 6.54 Å². The standard InChI is InChI=1S/C14H18BrN3O4/c1-9-6-17(7-10(2)22-9)8-14(19)16-13-4-3-11(18(20)21)5-12(13)15/h3-5,9-10H,6-8H2,1-2H3,(H,16,19)/p+1/t9-,10-/m1/s1. The van der Waals surface area contributed by atoms with Crippen LogP contribution in [0.5, 0.6) is 0 Å². The molecule has 1 fully saturated rings. The summed E-state index contributed by atoms with van der Waals surface area (Å²) in [5.41, 5.74) is 0.510. The van der Waals surface area contributed by atoms with Crippen LogP contribution in [-0.4, -0.2) is 42.7 Å². The van der Waals surface area contributed by atoms with Crippen LogP contribution in [0.2, 0.25) is 0 Å². The maximum Gasteiger partial charge on any atom is 0.279 e. The quantitative estimate of drug-likeness (QED) is 0.609. The Labute approximate surface area is 136 Å². The third kappa shape index (κ3) is 4.49. The lowest BCUT2D eigenvalue weighted by molar-refractivity contribution is -0.907. The molecule has 0 radical (unpaired) electrons. The first-order valence-corrected chi connectivity index (χ1v) is 7.87. The molecule has 1 saturated heterocycles. The van der Waals surface area contributed by atoms with Crippen LogP contribution in [-0.2, 0) is 9.53 Å². The first-order valence-electron chi connectivity index (χ1n) is 7.08. The molecule has 2 N–H and O–H groups in total. The number of amides is 1. The lowest BCUT2D eigenvalue weighted by Crippen LogP contribution is -3.16. The molecule has 1 aromatic rings.